The number of thioether (sulfide) groups is 1. The molecule has 12 heteroatoms. The number of anilines is 1. The number of aryl methyl sites for hydroxylation is 1. The molecule has 1 heterocycles. The lowest BCUT2D eigenvalue weighted by molar-refractivity contribution is -0.554. The Kier molecular flexibility index (Phi) is 8.19. The van der Waals surface area contributed by atoms with Crippen LogP contribution in [-0.2, 0) is 14.8 Å². The number of pyridine rings is 1. The number of carbonyl (C=O) groups is 1. The fourth-order valence-electron chi connectivity index (χ4n) is 2.46. The summed E-state index contributed by atoms with van der Waals surface area (Å²) in [5.41, 5.74) is 0.732. The largest absolute Gasteiger partial charge is 0.762 e. The van der Waals surface area contributed by atoms with Gasteiger partial charge >= 0.3 is 21.8 Å². The molecular weight excluding hydrogens is 474 g/mol. The summed E-state index contributed by atoms with van der Waals surface area (Å²) in [6, 6.07) is 7.62. The van der Waals surface area contributed by atoms with Crippen LogP contribution in [0.1, 0.15) is 5.56 Å². The molecule has 0 saturated heterocycles. The molecule has 0 aliphatic heterocycles. The molecule has 32 heavy (non-hydrogen) atoms. The normalized spacial score (nSPS) is 11.4. The minimum Gasteiger partial charge on any atom is -0.762 e. The van der Waals surface area contributed by atoms with Crippen LogP contribution in [0.15, 0.2) is 56.4 Å². The fraction of sp³-hybridized carbons (Fsp3) is 0.200. The van der Waals surface area contributed by atoms with Crippen LogP contribution >= 0.6 is 23.4 Å². The van der Waals surface area contributed by atoms with Crippen LogP contribution in [-0.4, -0.2) is 51.0 Å². The second-order valence-corrected chi connectivity index (χ2v) is 9.57. The smallest absolute Gasteiger partial charge is 0.371 e. The van der Waals surface area contributed by atoms with Crippen LogP contribution in [0.3, 0.4) is 0 Å². The first-order valence-electron chi connectivity index (χ1n) is 8.86. The SMILES string of the molecule is Cc1cc(S(=O)(=O)/N=C(\C(=C=[N-])C#N)[n+]2ccc(N(C)C)cc2)c(SCC(=O)O)cc1Cl. The summed E-state index contributed by atoms with van der Waals surface area (Å²) >= 11 is 6.87. The zero-order valence-electron chi connectivity index (χ0n) is 17.3. The lowest BCUT2D eigenvalue weighted by Gasteiger charge is -2.11. The maximum atomic E-state index is 13.2. The molecule has 0 bridgehead atoms. The summed E-state index contributed by atoms with van der Waals surface area (Å²) in [4.78, 5) is 12.6. The van der Waals surface area contributed by atoms with Gasteiger partial charge in [0.25, 0.3) is 0 Å². The van der Waals surface area contributed by atoms with Gasteiger partial charge in [0.1, 0.15) is 11.0 Å². The van der Waals surface area contributed by atoms with Crippen molar-refractivity contribution >= 4 is 56.7 Å². The number of halogens is 1. The van der Waals surface area contributed by atoms with Gasteiger partial charge in [0.05, 0.1) is 22.5 Å². The zero-order valence-corrected chi connectivity index (χ0v) is 19.7. The molecule has 0 radical (unpaired) electrons. The molecule has 0 aliphatic carbocycles. The molecule has 0 saturated carbocycles. The van der Waals surface area contributed by atoms with E-state index in [0.717, 1.165) is 17.4 Å². The molecule has 0 aliphatic rings. The van der Waals surface area contributed by atoms with E-state index in [2.05, 4.69) is 4.40 Å². The van der Waals surface area contributed by atoms with Gasteiger partial charge in [-0.1, -0.05) is 11.6 Å². The van der Waals surface area contributed by atoms with Gasteiger partial charge in [-0.2, -0.15) is 13.7 Å². The maximum absolute atomic E-state index is 13.2. The minimum absolute atomic E-state index is 0.0921. The van der Waals surface area contributed by atoms with Gasteiger partial charge in [-0.05, 0) is 24.6 Å². The summed E-state index contributed by atoms with van der Waals surface area (Å²) in [6.07, 6.45) is 2.96. The van der Waals surface area contributed by atoms with E-state index in [0.29, 0.717) is 5.56 Å². The van der Waals surface area contributed by atoms with E-state index >= 15 is 0 Å². The Morgan fingerprint density at radius 3 is 2.47 bits per heavy atom. The highest BCUT2D eigenvalue weighted by Gasteiger charge is 2.30. The van der Waals surface area contributed by atoms with E-state index in [4.69, 9.17) is 16.7 Å². The van der Waals surface area contributed by atoms with Crippen molar-refractivity contribution in [2.45, 2.75) is 16.7 Å². The monoisotopic (exact) mass is 491 g/mol. The first-order valence-corrected chi connectivity index (χ1v) is 11.7. The Hall–Kier alpha value is -3.16. The van der Waals surface area contributed by atoms with Gasteiger partial charge < -0.3 is 15.4 Å². The summed E-state index contributed by atoms with van der Waals surface area (Å²) in [5.74, 6) is -0.259. The van der Waals surface area contributed by atoms with Crippen molar-refractivity contribution < 1.29 is 22.9 Å². The number of allylic oxidation sites excluding steroid dienone is 1. The fourth-order valence-corrected chi connectivity index (χ4v) is 5.01. The third kappa shape index (κ3) is 5.96. The van der Waals surface area contributed by atoms with Gasteiger partial charge in [-0.15, -0.1) is 11.8 Å². The number of carboxylic acids is 1. The van der Waals surface area contributed by atoms with Crippen molar-refractivity contribution in [1.29, 1.82) is 5.26 Å². The molecule has 1 aromatic carbocycles. The third-order valence-electron chi connectivity index (χ3n) is 4.08. The Morgan fingerprint density at radius 2 is 1.97 bits per heavy atom. The van der Waals surface area contributed by atoms with Crippen molar-refractivity contribution in [1.82, 2.24) is 0 Å². The Bertz CT molecular complexity index is 1280. The number of sulfonamides is 1. The lowest BCUT2D eigenvalue weighted by atomic mass is 10.2. The molecule has 0 amide bonds. The topological polar surface area (TPSA) is 137 Å². The molecule has 0 spiro atoms. The van der Waals surface area contributed by atoms with Crippen LogP contribution in [0.25, 0.3) is 5.41 Å². The Morgan fingerprint density at radius 1 is 1.34 bits per heavy atom. The van der Waals surface area contributed by atoms with E-state index < -0.39 is 27.3 Å². The lowest BCUT2D eigenvalue weighted by Crippen LogP contribution is -2.44. The van der Waals surface area contributed by atoms with Gasteiger partial charge in [0, 0.05) is 41.8 Å². The first kappa shape index (κ1) is 25.1. The van der Waals surface area contributed by atoms with Crippen LogP contribution < -0.4 is 9.47 Å². The number of aromatic nitrogens is 1. The average molecular weight is 492 g/mol. The number of hydrogen-bond donors (Lipinski definition) is 1. The predicted molar refractivity (Wildman–Crippen MR) is 123 cm³/mol. The van der Waals surface area contributed by atoms with E-state index in [1.54, 1.807) is 31.0 Å². The van der Waals surface area contributed by atoms with E-state index in [1.807, 2.05) is 19.0 Å². The second-order valence-electron chi connectivity index (χ2n) is 6.58. The number of rotatable bonds is 7. The van der Waals surface area contributed by atoms with E-state index in [9.17, 15) is 23.9 Å². The Balaban J connectivity index is 2.71. The summed E-state index contributed by atoms with van der Waals surface area (Å²) in [5, 5.41) is 27.9. The highest BCUT2D eigenvalue weighted by molar-refractivity contribution is 8.00. The van der Waals surface area contributed by atoms with Crippen LogP contribution in [0.2, 0.25) is 5.02 Å². The van der Waals surface area contributed by atoms with E-state index in [1.165, 1.54) is 29.1 Å². The van der Waals surface area contributed by atoms with Gasteiger partial charge in [-0.3, -0.25) is 4.79 Å². The second kappa shape index (κ2) is 10.4. The number of hydrogen-bond acceptors (Lipinski definition) is 6. The zero-order chi connectivity index (χ0) is 24.1. The predicted octanol–water partition coefficient (Wildman–Crippen LogP) is 2.50. The summed E-state index contributed by atoms with van der Waals surface area (Å²) in [7, 11) is -0.816. The molecule has 0 atom stereocenters. The summed E-state index contributed by atoms with van der Waals surface area (Å²) < 4.78 is 31.4. The van der Waals surface area contributed by atoms with Gasteiger partial charge in [0.15, 0.2) is 5.57 Å². The number of carboxylic acid groups (broad SMARTS) is 1. The Labute approximate surface area is 194 Å². The van der Waals surface area contributed by atoms with E-state index in [-0.39, 0.29) is 20.6 Å². The molecule has 1 aromatic heterocycles. The molecule has 1 N–H and O–H groups in total. The van der Waals surface area contributed by atoms with Crippen molar-refractivity contribution in [2.75, 3.05) is 24.7 Å². The molecular formula is C20H18ClN5O4S2. The molecule has 0 fully saturated rings. The van der Waals surface area contributed by atoms with Crippen molar-refractivity contribution in [3.8, 4) is 6.07 Å². The van der Waals surface area contributed by atoms with Crippen molar-refractivity contribution in [3.63, 3.8) is 0 Å². The number of nitriles is 1. The van der Waals surface area contributed by atoms with Crippen LogP contribution in [0.5, 0.6) is 0 Å². The highest BCUT2D eigenvalue weighted by atomic mass is 35.5. The first-order chi connectivity index (χ1) is 15.0. The van der Waals surface area contributed by atoms with Gasteiger partial charge in [0.2, 0.25) is 0 Å². The maximum Gasteiger partial charge on any atom is 0.371 e. The summed E-state index contributed by atoms with van der Waals surface area (Å²) in [6.45, 7) is 1.59. The van der Waals surface area contributed by atoms with Crippen LogP contribution in [0, 0.1) is 18.3 Å². The third-order valence-corrected chi connectivity index (χ3v) is 6.96. The number of nitrogens with zero attached hydrogens (tertiary/aromatic N) is 5. The van der Waals surface area contributed by atoms with Crippen LogP contribution in [0.4, 0.5) is 5.69 Å². The number of benzene rings is 1. The molecule has 166 valence electrons. The molecule has 0 unspecified atom stereocenters. The minimum atomic E-state index is -4.46. The average Bonchev–Trinajstić information content (AvgIpc) is 2.74. The number of aliphatic carboxylic acids is 1. The standard InChI is InChI=1S/C20H18ClN5O4S2/c1-13-8-18(17(9-16(13)21)31-12-19(27)28)32(29,30)24-20(14(10-22)11-23)26-6-4-15(5-7-26)25(2)3/h4-9H,12H2,1-3H3,(H,27,28)/b24-20+. The van der Waals surface area contributed by atoms with Crippen molar-refractivity contribution in [3.05, 3.63) is 58.2 Å². The van der Waals surface area contributed by atoms with Gasteiger partial charge in [-0.25, -0.2) is 10.4 Å². The highest BCUT2D eigenvalue weighted by Crippen LogP contribution is 2.33. The molecule has 2 rings (SSSR count). The van der Waals surface area contributed by atoms with Crippen molar-refractivity contribution in [2.24, 2.45) is 4.40 Å². The quantitative estimate of drug-likeness (QED) is 0.206. The molecule has 9 nitrogen and oxygen atoms in total. The molecule has 2 aromatic rings.